The van der Waals surface area contributed by atoms with Gasteiger partial charge in [0, 0.05) is 19.2 Å². The van der Waals surface area contributed by atoms with Gasteiger partial charge in [-0.2, -0.15) is 4.31 Å². The van der Waals surface area contributed by atoms with Crippen molar-refractivity contribution in [3.63, 3.8) is 0 Å². The summed E-state index contributed by atoms with van der Waals surface area (Å²) >= 11 is 0. The number of hydrogen-bond donors (Lipinski definition) is 4. The molecule has 1 heterocycles. The average Bonchev–Trinajstić information content (AvgIpc) is 3.45. The number of nitrogens with one attached hydrogen (secondary N) is 3. The van der Waals surface area contributed by atoms with E-state index in [1.807, 2.05) is 44.2 Å². The van der Waals surface area contributed by atoms with Crippen LogP contribution < -0.4 is 25.4 Å². The van der Waals surface area contributed by atoms with E-state index in [4.69, 9.17) is 14.2 Å². The summed E-state index contributed by atoms with van der Waals surface area (Å²) in [4.78, 5) is 38.4. The van der Waals surface area contributed by atoms with E-state index in [-0.39, 0.29) is 43.2 Å². The van der Waals surface area contributed by atoms with Gasteiger partial charge in [-0.1, -0.05) is 65.0 Å². The van der Waals surface area contributed by atoms with E-state index < -0.39 is 58.1 Å². The Morgan fingerprint density at radius 1 is 0.957 bits per heavy atom. The molecule has 0 saturated carbocycles. The molecule has 0 saturated heterocycles. The standard InChI is InChI=1S/C33H48N4O9S/c1-21(2)18-37(47(42,43)24-13-14-27-28(16-24)45-20-44-27)19-26(38)25(15-23-11-9-8-10-12-23)35-31(40)30(33(5,6)7)36-29(39)17-34-32(41)46-22(3)4/h8-14,16,21-22,25-26,30,38H,15,17-20H2,1-7H3,(H,34,41)(H,35,40)(H,36,39). The van der Waals surface area contributed by atoms with Crippen LogP contribution in [0.2, 0.25) is 0 Å². The van der Waals surface area contributed by atoms with E-state index in [2.05, 4.69) is 16.0 Å². The summed E-state index contributed by atoms with van der Waals surface area (Å²) in [6.45, 7) is 11.7. The molecule has 1 aliphatic rings. The third-order valence-electron chi connectivity index (χ3n) is 7.20. The van der Waals surface area contributed by atoms with E-state index in [0.717, 1.165) is 5.56 Å². The highest BCUT2D eigenvalue weighted by Crippen LogP contribution is 2.35. The number of rotatable bonds is 15. The van der Waals surface area contributed by atoms with Crippen molar-refractivity contribution in [2.75, 3.05) is 26.4 Å². The van der Waals surface area contributed by atoms with Crippen molar-refractivity contribution in [2.24, 2.45) is 11.3 Å². The third kappa shape index (κ3) is 11.1. The Morgan fingerprint density at radius 3 is 2.23 bits per heavy atom. The molecular weight excluding hydrogens is 628 g/mol. The second kappa shape index (κ2) is 16.3. The molecule has 13 nitrogen and oxygen atoms in total. The zero-order valence-electron chi connectivity index (χ0n) is 28.1. The zero-order chi connectivity index (χ0) is 34.9. The molecule has 47 heavy (non-hydrogen) atoms. The highest BCUT2D eigenvalue weighted by molar-refractivity contribution is 7.89. The molecule has 2 aromatic rings. The number of aliphatic hydroxyl groups excluding tert-OH is 1. The van der Waals surface area contributed by atoms with Gasteiger partial charge in [0.2, 0.25) is 28.6 Å². The molecule has 3 rings (SSSR count). The summed E-state index contributed by atoms with van der Waals surface area (Å²) in [6.07, 6.45) is -2.30. The van der Waals surface area contributed by atoms with Crippen LogP contribution in [0.15, 0.2) is 53.4 Å². The highest BCUT2D eigenvalue weighted by Gasteiger charge is 2.37. The predicted octanol–water partition coefficient (Wildman–Crippen LogP) is 2.82. The Bertz CT molecular complexity index is 1480. The number of ether oxygens (including phenoxy) is 3. The lowest BCUT2D eigenvalue weighted by atomic mass is 9.85. The Labute approximate surface area is 277 Å². The topological polar surface area (TPSA) is 173 Å². The fourth-order valence-corrected chi connectivity index (χ4v) is 6.55. The van der Waals surface area contributed by atoms with E-state index in [1.165, 1.54) is 22.5 Å². The monoisotopic (exact) mass is 676 g/mol. The number of benzene rings is 2. The molecule has 0 bridgehead atoms. The minimum Gasteiger partial charge on any atom is -0.454 e. The normalized spacial score (nSPS) is 14.9. The Hall–Kier alpha value is -3.88. The zero-order valence-corrected chi connectivity index (χ0v) is 28.9. The van der Waals surface area contributed by atoms with Crippen LogP contribution in [-0.4, -0.2) is 86.5 Å². The van der Waals surface area contributed by atoms with E-state index >= 15 is 0 Å². The summed E-state index contributed by atoms with van der Waals surface area (Å²) in [5, 5.41) is 19.5. The number of sulfonamides is 1. The summed E-state index contributed by atoms with van der Waals surface area (Å²) < 4.78 is 44.7. The van der Waals surface area contributed by atoms with Crippen molar-refractivity contribution >= 4 is 27.9 Å². The second-order valence-electron chi connectivity index (χ2n) is 13.3. The maximum Gasteiger partial charge on any atom is 0.407 e. The van der Waals surface area contributed by atoms with Gasteiger partial charge in [0.1, 0.15) is 12.6 Å². The third-order valence-corrected chi connectivity index (χ3v) is 9.03. The van der Waals surface area contributed by atoms with Gasteiger partial charge in [-0.05, 0) is 49.3 Å². The van der Waals surface area contributed by atoms with E-state index in [9.17, 15) is 27.9 Å². The quantitative estimate of drug-likeness (QED) is 0.221. The number of fused-ring (bicyclic) bond motifs is 1. The lowest BCUT2D eigenvalue weighted by Gasteiger charge is -2.34. The van der Waals surface area contributed by atoms with Crippen LogP contribution >= 0.6 is 0 Å². The number of carbonyl (C=O) groups is 3. The van der Waals surface area contributed by atoms with Crippen LogP contribution in [0, 0.1) is 11.3 Å². The fraction of sp³-hybridized carbons (Fsp3) is 0.545. The van der Waals surface area contributed by atoms with Gasteiger partial charge in [0.15, 0.2) is 11.5 Å². The first-order valence-electron chi connectivity index (χ1n) is 15.6. The minimum absolute atomic E-state index is 0.00861. The van der Waals surface area contributed by atoms with Gasteiger partial charge in [-0.3, -0.25) is 9.59 Å². The van der Waals surface area contributed by atoms with Crippen LogP contribution in [0.25, 0.3) is 0 Å². The summed E-state index contributed by atoms with van der Waals surface area (Å²) in [5.41, 5.74) is 0.0300. The van der Waals surface area contributed by atoms with Crippen molar-refractivity contribution in [3.05, 3.63) is 54.1 Å². The van der Waals surface area contributed by atoms with Crippen LogP contribution in [0.1, 0.15) is 54.0 Å². The molecular formula is C33H48N4O9S. The predicted molar refractivity (Wildman–Crippen MR) is 175 cm³/mol. The fourth-order valence-electron chi connectivity index (χ4n) is 4.91. The lowest BCUT2D eigenvalue weighted by Crippen LogP contribution is -2.59. The molecule has 14 heteroatoms. The smallest absolute Gasteiger partial charge is 0.407 e. The van der Waals surface area contributed by atoms with Crippen LogP contribution in [0.3, 0.4) is 0 Å². The summed E-state index contributed by atoms with van der Waals surface area (Å²) in [6, 6.07) is 11.5. The average molecular weight is 677 g/mol. The molecule has 3 atom stereocenters. The number of hydrogen-bond acceptors (Lipinski definition) is 9. The van der Waals surface area contributed by atoms with Crippen molar-refractivity contribution in [2.45, 2.75) is 84.1 Å². The first-order valence-corrected chi connectivity index (χ1v) is 17.1. The lowest BCUT2D eigenvalue weighted by molar-refractivity contribution is -0.132. The Morgan fingerprint density at radius 2 is 1.62 bits per heavy atom. The van der Waals surface area contributed by atoms with Gasteiger partial charge < -0.3 is 35.3 Å². The molecule has 0 spiro atoms. The molecule has 0 aromatic heterocycles. The molecule has 3 unspecified atom stereocenters. The van der Waals surface area contributed by atoms with Crippen LogP contribution in [0.4, 0.5) is 4.79 Å². The molecule has 1 aliphatic heterocycles. The summed E-state index contributed by atoms with van der Waals surface area (Å²) in [5.74, 6) is -0.520. The molecule has 3 amide bonds. The van der Waals surface area contributed by atoms with E-state index in [1.54, 1.807) is 34.6 Å². The van der Waals surface area contributed by atoms with Crippen molar-refractivity contribution < 1.29 is 42.1 Å². The molecule has 0 radical (unpaired) electrons. The van der Waals surface area contributed by atoms with Gasteiger partial charge >= 0.3 is 6.09 Å². The summed E-state index contributed by atoms with van der Waals surface area (Å²) in [7, 11) is -4.10. The number of alkyl carbamates (subject to hydrolysis) is 1. The first-order chi connectivity index (χ1) is 22.0. The molecule has 2 aromatic carbocycles. The van der Waals surface area contributed by atoms with Gasteiger partial charge in [0.05, 0.1) is 23.1 Å². The molecule has 0 fully saturated rings. The van der Waals surface area contributed by atoms with Crippen molar-refractivity contribution in [3.8, 4) is 11.5 Å². The van der Waals surface area contributed by atoms with Crippen molar-refractivity contribution in [1.29, 1.82) is 0 Å². The SMILES string of the molecule is CC(C)CN(CC(O)C(Cc1ccccc1)NC(=O)C(NC(=O)CNC(=O)OC(C)C)C(C)(C)C)S(=O)(=O)c1ccc2c(c1)OCO2. The van der Waals surface area contributed by atoms with E-state index in [0.29, 0.717) is 11.5 Å². The van der Waals surface area contributed by atoms with Gasteiger partial charge in [-0.15, -0.1) is 0 Å². The number of nitrogens with zero attached hydrogens (tertiary/aromatic N) is 1. The van der Waals surface area contributed by atoms with Crippen LogP contribution in [-0.2, 0) is 30.8 Å². The molecule has 0 aliphatic carbocycles. The van der Waals surface area contributed by atoms with Crippen LogP contribution in [0.5, 0.6) is 11.5 Å². The van der Waals surface area contributed by atoms with Gasteiger partial charge in [-0.25, -0.2) is 13.2 Å². The Balaban J connectivity index is 1.85. The number of amides is 3. The molecule has 4 N–H and O–H groups in total. The van der Waals surface area contributed by atoms with Crippen molar-refractivity contribution in [1.82, 2.24) is 20.3 Å². The Kier molecular flexibility index (Phi) is 13.0. The minimum atomic E-state index is -4.10. The first kappa shape index (κ1) is 37.6. The number of carbonyl (C=O) groups excluding carboxylic acids is 3. The maximum atomic E-state index is 13.9. The largest absolute Gasteiger partial charge is 0.454 e. The molecule has 260 valence electrons. The second-order valence-corrected chi connectivity index (χ2v) is 15.2. The highest BCUT2D eigenvalue weighted by atomic mass is 32.2. The van der Waals surface area contributed by atoms with Gasteiger partial charge in [0.25, 0.3) is 0 Å². The maximum absolute atomic E-state index is 13.9. The number of aliphatic hydroxyl groups is 1.